The first-order valence-electron chi connectivity index (χ1n) is 10.6. The molecule has 2 aromatic rings. The molecule has 6 nitrogen and oxygen atoms in total. The topological polar surface area (TPSA) is 74.3 Å². The van der Waals surface area contributed by atoms with Crippen LogP contribution in [-0.4, -0.2) is 36.6 Å². The lowest BCUT2D eigenvalue weighted by atomic mass is 9.66. The van der Waals surface area contributed by atoms with Crippen molar-refractivity contribution in [2.24, 2.45) is 5.41 Å². The molecule has 0 radical (unpaired) electrons. The van der Waals surface area contributed by atoms with Gasteiger partial charge in [-0.15, -0.1) is 0 Å². The molecule has 3 aliphatic rings. The van der Waals surface area contributed by atoms with Crippen molar-refractivity contribution in [3.05, 3.63) is 42.1 Å². The second kappa shape index (κ2) is 7.26. The van der Waals surface area contributed by atoms with E-state index in [4.69, 9.17) is 0 Å². The minimum Gasteiger partial charge on any atom is -0.312 e. The zero-order chi connectivity index (χ0) is 19.8. The second-order valence-electron chi connectivity index (χ2n) is 8.45. The Bertz CT molecular complexity index is 1010. The zero-order valence-corrected chi connectivity index (χ0v) is 16.5. The van der Waals surface area contributed by atoms with Gasteiger partial charge in [0.1, 0.15) is 0 Å². The van der Waals surface area contributed by atoms with Gasteiger partial charge in [0.2, 0.25) is 5.91 Å². The van der Waals surface area contributed by atoms with E-state index < -0.39 is 0 Å². The Labute approximate surface area is 170 Å². The Morgan fingerprint density at radius 1 is 1.07 bits per heavy atom. The van der Waals surface area contributed by atoms with Gasteiger partial charge in [0.15, 0.2) is 0 Å². The van der Waals surface area contributed by atoms with Crippen LogP contribution >= 0.6 is 0 Å². The molecule has 0 bridgehead atoms. The third-order valence-electron chi connectivity index (χ3n) is 6.64. The molecule has 3 heterocycles. The molecule has 1 saturated heterocycles. The molecule has 1 aromatic carbocycles. The van der Waals surface area contributed by atoms with Crippen LogP contribution in [0.25, 0.3) is 16.5 Å². The molecule has 2 fully saturated rings. The summed E-state index contributed by atoms with van der Waals surface area (Å²) in [6.45, 7) is 2.35. The number of urea groups is 1. The summed E-state index contributed by atoms with van der Waals surface area (Å²) in [4.78, 5) is 29.8. The number of imide groups is 1. The third kappa shape index (κ3) is 3.31. The lowest BCUT2D eigenvalue weighted by Crippen LogP contribution is -2.49. The van der Waals surface area contributed by atoms with E-state index in [0.29, 0.717) is 13.0 Å². The highest BCUT2D eigenvalue weighted by Crippen LogP contribution is 2.47. The highest BCUT2D eigenvalue weighted by atomic mass is 16.2. The van der Waals surface area contributed by atoms with Crippen LogP contribution in [0.4, 0.5) is 10.5 Å². The quantitative estimate of drug-likeness (QED) is 0.821. The maximum absolute atomic E-state index is 12.2. The van der Waals surface area contributed by atoms with Crippen molar-refractivity contribution in [2.75, 3.05) is 24.5 Å². The first-order valence-corrected chi connectivity index (χ1v) is 10.6. The Morgan fingerprint density at radius 2 is 1.93 bits per heavy atom. The normalized spacial score (nSPS) is 21.9. The van der Waals surface area contributed by atoms with Gasteiger partial charge >= 0.3 is 6.03 Å². The molecule has 2 N–H and O–H groups in total. The van der Waals surface area contributed by atoms with Crippen LogP contribution in [-0.2, 0) is 4.79 Å². The summed E-state index contributed by atoms with van der Waals surface area (Å²) >= 11 is 0. The average molecular weight is 390 g/mol. The number of fused-ring (bicyclic) bond motifs is 1. The van der Waals surface area contributed by atoms with Crippen molar-refractivity contribution >= 4 is 34.1 Å². The molecule has 1 aromatic heterocycles. The van der Waals surface area contributed by atoms with Gasteiger partial charge in [-0.05, 0) is 42.2 Å². The lowest BCUT2D eigenvalue weighted by Gasteiger charge is -2.42. The van der Waals surface area contributed by atoms with Crippen LogP contribution in [0.3, 0.4) is 0 Å². The number of pyridine rings is 1. The zero-order valence-electron chi connectivity index (χ0n) is 16.5. The lowest BCUT2D eigenvalue weighted by molar-refractivity contribution is -0.120. The van der Waals surface area contributed by atoms with E-state index in [-0.39, 0.29) is 17.4 Å². The van der Waals surface area contributed by atoms with Gasteiger partial charge in [-0.1, -0.05) is 31.4 Å². The van der Waals surface area contributed by atoms with E-state index in [9.17, 15) is 9.59 Å². The van der Waals surface area contributed by atoms with Crippen molar-refractivity contribution in [1.29, 1.82) is 0 Å². The first-order chi connectivity index (χ1) is 14.1. The number of hydrogen-bond acceptors (Lipinski definition) is 4. The van der Waals surface area contributed by atoms with E-state index in [1.54, 1.807) is 11.1 Å². The second-order valence-corrected chi connectivity index (χ2v) is 8.45. The molecule has 6 heteroatoms. The smallest absolute Gasteiger partial charge is 0.312 e. The van der Waals surface area contributed by atoms with E-state index >= 15 is 0 Å². The minimum atomic E-state index is -0.374. The van der Waals surface area contributed by atoms with Crippen LogP contribution in [0.2, 0.25) is 0 Å². The van der Waals surface area contributed by atoms with Crippen LogP contribution in [0, 0.1) is 5.41 Å². The largest absolute Gasteiger partial charge is 0.328 e. The Hall–Kier alpha value is -2.73. The van der Waals surface area contributed by atoms with Gasteiger partial charge < -0.3 is 5.32 Å². The predicted octanol–water partition coefficient (Wildman–Crippen LogP) is 3.62. The van der Waals surface area contributed by atoms with Gasteiger partial charge in [0.25, 0.3) is 0 Å². The van der Waals surface area contributed by atoms with E-state index in [1.807, 2.05) is 6.07 Å². The van der Waals surface area contributed by atoms with Gasteiger partial charge in [0, 0.05) is 36.9 Å². The molecule has 5 rings (SSSR count). The fourth-order valence-corrected chi connectivity index (χ4v) is 5.14. The Morgan fingerprint density at radius 3 is 2.76 bits per heavy atom. The highest BCUT2D eigenvalue weighted by molar-refractivity contribution is 6.06. The Balaban J connectivity index is 1.52. The van der Waals surface area contributed by atoms with Crippen LogP contribution in [0.5, 0.6) is 0 Å². The SMILES string of the molecule is O=C1CCN(c2cnc3ccc(C4=CCNCC45CCCCC5)cc3c2)C(=O)N1. The van der Waals surface area contributed by atoms with Crippen LogP contribution in [0.1, 0.15) is 44.1 Å². The molecule has 29 heavy (non-hydrogen) atoms. The highest BCUT2D eigenvalue weighted by Gasteiger charge is 2.37. The molecular weight excluding hydrogens is 364 g/mol. The van der Waals surface area contributed by atoms with E-state index in [0.717, 1.165) is 29.7 Å². The summed E-state index contributed by atoms with van der Waals surface area (Å²) < 4.78 is 0. The van der Waals surface area contributed by atoms with Crippen LogP contribution in [0.15, 0.2) is 36.5 Å². The fraction of sp³-hybridized carbons (Fsp3) is 0.435. The number of carbonyl (C=O) groups excluding carboxylic acids is 2. The molecular formula is C23H26N4O2. The van der Waals surface area contributed by atoms with Crippen molar-refractivity contribution in [3.63, 3.8) is 0 Å². The molecule has 1 saturated carbocycles. The summed E-state index contributed by atoms with van der Waals surface area (Å²) in [5, 5.41) is 6.98. The molecule has 1 spiro atoms. The van der Waals surface area contributed by atoms with Gasteiger partial charge in [-0.2, -0.15) is 0 Å². The van der Waals surface area contributed by atoms with Crippen molar-refractivity contribution in [3.8, 4) is 0 Å². The number of hydrogen-bond donors (Lipinski definition) is 2. The van der Waals surface area contributed by atoms with Crippen molar-refractivity contribution < 1.29 is 9.59 Å². The predicted molar refractivity (Wildman–Crippen MR) is 114 cm³/mol. The monoisotopic (exact) mass is 390 g/mol. The standard InChI is InChI=1S/C23H26N4O2/c28-21-7-11-27(22(29)26-21)18-13-17-12-16(4-5-20(17)25-14-18)19-6-10-24-15-23(19)8-2-1-3-9-23/h4-6,12-14,24H,1-3,7-11,15H2,(H,26,28,29). The molecule has 3 amide bonds. The van der Waals surface area contributed by atoms with E-state index in [2.05, 4.69) is 39.9 Å². The molecule has 0 unspecified atom stereocenters. The summed E-state index contributed by atoms with van der Waals surface area (Å²) in [6, 6.07) is 8.12. The molecule has 0 atom stereocenters. The summed E-state index contributed by atoms with van der Waals surface area (Å²) in [6.07, 6.45) is 10.8. The summed E-state index contributed by atoms with van der Waals surface area (Å²) in [5.41, 5.74) is 4.61. The number of nitrogens with one attached hydrogen (secondary N) is 2. The number of amides is 3. The average Bonchev–Trinajstić information content (AvgIpc) is 2.74. The van der Waals surface area contributed by atoms with Gasteiger partial charge in [0.05, 0.1) is 17.4 Å². The number of rotatable bonds is 2. The number of aromatic nitrogens is 1. The summed E-state index contributed by atoms with van der Waals surface area (Å²) in [7, 11) is 0. The molecule has 2 aliphatic heterocycles. The third-order valence-corrected chi connectivity index (χ3v) is 6.64. The molecule has 150 valence electrons. The maximum atomic E-state index is 12.2. The number of nitrogens with zero attached hydrogens (tertiary/aromatic N) is 2. The van der Waals surface area contributed by atoms with Crippen molar-refractivity contribution in [2.45, 2.75) is 38.5 Å². The maximum Gasteiger partial charge on any atom is 0.328 e. The first kappa shape index (κ1) is 18.3. The Kier molecular flexibility index (Phi) is 4.59. The number of benzene rings is 1. The number of anilines is 1. The van der Waals surface area contributed by atoms with Gasteiger partial charge in [-0.3, -0.25) is 20.0 Å². The van der Waals surface area contributed by atoms with Crippen molar-refractivity contribution in [1.82, 2.24) is 15.6 Å². The fourth-order valence-electron chi connectivity index (χ4n) is 5.14. The number of carbonyl (C=O) groups is 2. The molecule has 1 aliphatic carbocycles. The summed E-state index contributed by atoms with van der Waals surface area (Å²) in [5.74, 6) is -0.224. The van der Waals surface area contributed by atoms with Gasteiger partial charge in [-0.25, -0.2) is 4.79 Å². The van der Waals surface area contributed by atoms with Crippen LogP contribution < -0.4 is 15.5 Å². The van der Waals surface area contributed by atoms with E-state index in [1.165, 1.54) is 43.2 Å². The minimum absolute atomic E-state index is 0.224.